The summed E-state index contributed by atoms with van der Waals surface area (Å²) in [7, 11) is 0. The molecule has 0 spiro atoms. The minimum Gasteiger partial charge on any atom is -0.342 e. The standard InChI is InChI=1S/C10H15N3O2.H3P/c1-7-11-10(15-12-7)9-4-3-5-13(6-9)8(2)14;/h9H,3-6H2,1-2H3;1H3. The van der Waals surface area contributed by atoms with Crippen LogP contribution in [0.1, 0.15) is 37.4 Å². The van der Waals surface area contributed by atoms with Crippen LogP contribution in [0.25, 0.3) is 0 Å². The van der Waals surface area contributed by atoms with Crippen LogP contribution in [0, 0.1) is 6.92 Å². The van der Waals surface area contributed by atoms with E-state index in [1.165, 1.54) is 0 Å². The smallest absolute Gasteiger partial charge is 0.231 e. The Labute approximate surface area is 98.2 Å². The molecule has 1 fully saturated rings. The van der Waals surface area contributed by atoms with E-state index in [1.54, 1.807) is 13.8 Å². The van der Waals surface area contributed by atoms with Gasteiger partial charge in [0.2, 0.25) is 11.8 Å². The van der Waals surface area contributed by atoms with E-state index in [0.717, 1.165) is 19.4 Å². The topological polar surface area (TPSA) is 59.2 Å². The third kappa shape index (κ3) is 2.79. The molecule has 6 heteroatoms. The second kappa shape index (κ2) is 5.39. The van der Waals surface area contributed by atoms with Crippen LogP contribution >= 0.6 is 9.90 Å². The SMILES string of the molecule is CC(=O)N1CCCC(c2nc(C)no2)C1.P. The van der Waals surface area contributed by atoms with Gasteiger partial charge in [0.25, 0.3) is 0 Å². The van der Waals surface area contributed by atoms with Gasteiger partial charge in [-0.25, -0.2) is 0 Å². The van der Waals surface area contributed by atoms with E-state index in [4.69, 9.17) is 4.52 Å². The van der Waals surface area contributed by atoms with Crippen molar-refractivity contribution in [3.8, 4) is 0 Å². The van der Waals surface area contributed by atoms with Gasteiger partial charge in [0, 0.05) is 20.0 Å². The van der Waals surface area contributed by atoms with Crippen LogP contribution in [0.15, 0.2) is 4.52 Å². The minimum absolute atomic E-state index is 0. The summed E-state index contributed by atoms with van der Waals surface area (Å²) in [5, 5.41) is 3.77. The number of piperidine rings is 1. The van der Waals surface area contributed by atoms with E-state index >= 15 is 0 Å². The van der Waals surface area contributed by atoms with E-state index in [9.17, 15) is 4.79 Å². The number of hydrogen-bond donors (Lipinski definition) is 0. The first-order valence-electron chi connectivity index (χ1n) is 5.22. The summed E-state index contributed by atoms with van der Waals surface area (Å²) in [6, 6.07) is 0. The van der Waals surface area contributed by atoms with Crippen molar-refractivity contribution in [3.63, 3.8) is 0 Å². The first-order chi connectivity index (χ1) is 7.16. The lowest BCUT2D eigenvalue weighted by atomic mass is 9.98. The van der Waals surface area contributed by atoms with Crippen LogP contribution in [-0.2, 0) is 4.79 Å². The number of carbonyl (C=O) groups excluding carboxylic acids is 1. The van der Waals surface area contributed by atoms with Crippen molar-refractivity contribution in [2.24, 2.45) is 0 Å². The Hall–Kier alpha value is -0.960. The third-order valence-electron chi connectivity index (χ3n) is 2.76. The Morgan fingerprint density at radius 3 is 2.88 bits per heavy atom. The fourth-order valence-electron chi connectivity index (χ4n) is 1.94. The first-order valence-corrected chi connectivity index (χ1v) is 5.22. The highest BCUT2D eigenvalue weighted by molar-refractivity contribution is 6.92. The van der Waals surface area contributed by atoms with Crippen LogP contribution in [0.2, 0.25) is 0 Å². The number of aryl methyl sites for hydroxylation is 1. The van der Waals surface area contributed by atoms with Gasteiger partial charge in [0.1, 0.15) is 0 Å². The maximum Gasteiger partial charge on any atom is 0.231 e. The van der Waals surface area contributed by atoms with Crippen LogP contribution in [0.4, 0.5) is 0 Å². The molecule has 2 unspecified atom stereocenters. The zero-order chi connectivity index (χ0) is 10.8. The number of likely N-dealkylation sites (tertiary alicyclic amines) is 1. The number of rotatable bonds is 1. The number of amides is 1. The average molecular weight is 243 g/mol. The normalized spacial score (nSPS) is 20.4. The summed E-state index contributed by atoms with van der Waals surface area (Å²) >= 11 is 0. The van der Waals surface area contributed by atoms with Crippen molar-refractivity contribution in [3.05, 3.63) is 11.7 Å². The van der Waals surface area contributed by atoms with Gasteiger partial charge in [-0.2, -0.15) is 14.9 Å². The maximum absolute atomic E-state index is 11.2. The molecule has 0 radical (unpaired) electrons. The van der Waals surface area contributed by atoms with Gasteiger partial charge in [0.05, 0.1) is 5.92 Å². The molecule has 0 saturated carbocycles. The van der Waals surface area contributed by atoms with Crippen molar-refractivity contribution in [1.29, 1.82) is 0 Å². The zero-order valence-electron chi connectivity index (χ0n) is 9.77. The Balaban J connectivity index is 0.00000128. The molecule has 1 aromatic heterocycles. The number of nitrogens with zero attached hydrogens (tertiary/aromatic N) is 3. The van der Waals surface area contributed by atoms with Crippen LogP contribution in [0.5, 0.6) is 0 Å². The molecule has 0 bridgehead atoms. The summed E-state index contributed by atoms with van der Waals surface area (Å²) < 4.78 is 5.13. The number of carbonyl (C=O) groups is 1. The summed E-state index contributed by atoms with van der Waals surface area (Å²) in [4.78, 5) is 17.3. The predicted molar refractivity (Wildman–Crippen MR) is 64.4 cm³/mol. The zero-order valence-corrected chi connectivity index (χ0v) is 11.2. The summed E-state index contributed by atoms with van der Waals surface area (Å²) in [5.74, 6) is 1.66. The molecule has 16 heavy (non-hydrogen) atoms. The van der Waals surface area contributed by atoms with Gasteiger partial charge in [-0.1, -0.05) is 5.16 Å². The summed E-state index contributed by atoms with van der Waals surface area (Å²) in [5.41, 5.74) is 0. The van der Waals surface area contributed by atoms with Gasteiger partial charge in [0.15, 0.2) is 5.82 Å². The van der Waals surface area contributed by atoms with Crippen molar-refractivity contribution in [2.75, 3.05) is 13.1 Å². The lowest BCUT2D eigenvalue weighted by molar-refractivity contribution is -0.130. The average Bonchev–Trinajstić information content (AvgIpc) is 2.65. The molecule has 2 heterocycles. The molecule has 0 N–H and O–H groups in total. The van der Waals surface area contributed by atoms with E-state index in [0.29, 0.717) is 18.3 Å². The first kappa shape index (κ1) is 13.1. The van der Waals surface area contributed by atoms with E-state index in [1.807, 2.05) is 4.90 Å². The van der Waals surface area contributed by atoms with Gasteiger partial charge >= 0.3 is 0 Å². The Kier molecular flexibility index (Phi) is 4.42. The van der Waals surface area contributed by atoms with Crippen molar-refractivity contribution < 1.29 is 9.32 Å². The largest absolute Gasteiger partial charge is 0.342 e. The van der Waals surface area contributed by atoms with Crippen molar-refractivity contribution in [2.45, 2.75) is 32.6 Å². The second-order valence-electron chi connectivity index (χ2n) is 3.98. The van der Waals surface area contributed by atoms with E-state index in [2.05, 4.69) is 10.1 Å². The highest BCUT2D eigenvalue weighted by atomic mass is 31.0. The molecule has 1 saturated heterocycles. The quantitative estimate of drug-likeness (QED) is 0.694. The van der Waals surface area contributed by atoms with E-state index in [-0.39, 0.29) is 21.7 Å². The predicted octanol–water partition coefficient (Wildman–Crippen LogP) is 1.16. The lowest BCUT2D eigenvalue weighted by Gasteiger charge is -2.29. The van der Waals surface area contributed by atoms with Gasteiger partial charge in [-0.05, 0) is 19.8 Å². The molecule has 90 valence electrons. The molecule has 2 atom stereocenters. The van der Waals surface area contributed by atoms with Crippen molar-refractivity contribution >= 4 is 15.8 Å². The second-order valence-corrected chi connectivity index (χ2v) is 3.98. The fraction of sp³-hybridized carbons (Fsp3) is 0.700. The van der Waals surface area contributed by atoms with Crippen LogP contribution in [-0.4, -0.2) is 34.0 Å². The maximum atomic E-state index is 11.2. The third-order valence-corrected chi connectivity index (χ3v) is 2.76. The van der Waals surface area contributed by atoms with Crippen LogP contribution < -0.4 is 0 Å². The van der Waals surface area contributed by atoms with Gasteiger partial charge in [-0.3, -0.25) is 4.79 Å². The molecule has 5 nitrogen and oxygen atoms in total. The highest BCUT2D eigenvalue weighted by Crippen LogP contribution is 2.25. The molecule has 1 aromatic rings. The van der Waals surface area contributed by atoms with Crippen molar-refractivity contribution in [1.82, 2.24) is 15.0 Å². The number of hydrogen-bond acceptors (Lipinski definition) is 4. The molecule has 1 aliphatic heterocycles. The molecular weight excluding hydrogens is 225 g/mol. The molecule has 1 amide bonds. The molecule has 2 rings (SSSR count). The van der Waals surface area contributed by atoms with Gasteiger partial charge in [-0.15, -0.1) is 0 Å². The highest BCUT2D eigenvalue weighted by Gasteiger charge is 2.26. The fourth-order valence-corrected chi connectivity index (χ4v) is 1.94. The summed E-state index contributed by atoms with van der Waals surface area (Å²) in [6.07, 6.45) is 2.02. The molecule has 1 aliphatic rings. The lowest BCUT2D eigenvalue weighted by Crippen LogP contribution is -2.37. The minimum atomic E-state index is 0. The molecule has 0 aromatic carbocycles. The Morgan fingerprint density at radius 2 is 2.31 bits per heavy atom. The van der Waals surface area contributed by atoms with Crippen LogP contribution in [0.3, 0.4) is 0 Å². The Morgan fingerprint density at radius 1 is 1.56 bits per heavy atom. The molecular formula is C10H18N3O2P. The number of aromatic nitrogens is 2. The monoisotopic (exact) mass is 243 g/mol. The molecule has 0 aliphatic carbocycles. The summed E-state index contributed by atoms with van der Waals surface area (Å²) in [6.45, 7) is 4.95. The van der Waals surface area contributed by atoms with E-state index < -0.39 is 0 Å². The Bertz CT molecular complexity index is 367. The van der Waals surface area contributed by atoms with Gasteiger partial charge < -0.3 is 9.42 Å².